The van der Waals surface area contributed by atoms with Crippen LogP contribution in [0.5, 0.6) is 0 Å². The number of fused-ring (bicyclic) bond motifs is 1. The van der Waals surface area contributed by atoms with E-state index >= 15 is 0 Å². The summed E-state index contributed by atoms with van der Waals surface area (Å²) in [4.78, 5) is 20.1. The van der Waals surface area contributed by atoms with Crippen LogP contribution in [-0.4, -0.2) is 71.0 Å². The molecule has 1 aliphatic rings. The van der Waals surface area contributed by atoms with E-state index in [1.54, 1.807) is 0 Å². The van der Waals surface area contributed by atoms with E-state index in [9.17, 15) is 4.79 Å². The number of carbonyl (C=O) groups excluding carboxylic acids is 1. The van der Waals surface area contributed by atoms with Crippen LogP contribution in [0.2, 0.25) is 0 Å². The number of amides is 1. The van der Waals surface area contributed by atoms with Crippen molar-refractivity contribution in [3.63, 3.8) is 0 Å². The number of nitrogens with zero attached hydrogens (tertiary/aromatic N) is 4. The molecule has 0 unspecified atom stereocenters. The fourth-order valence-electron chi connectivity index (χ4n) is 3.00. The number of aromatic nitrogens is 2. The van der Waals surface area contributed by atoms with Gasteiger partial charge in [-0.05, 0) is 19.2 Å². The Labute approximate surface area is 135 Å². The molecule has 2 N–H and O–H groups in total. The van der Waals surface area contributed by atoms with E-state index in [2.05, 4.69) is 16.9 Å². The second-order valence-corrected chi connectivity index (χ2v) is 6.07. The highest BCUT2D eigenvalue weighted by atomic mass is 16.5. The van der Waals surface area contributed by atoms with Crippen molar-refractivity contribution in [2.75, 3.05) is 39.8 Å². The molecule has 1 atom stereocenters. The van der Waals surface area contributed by atoms with E-state index in [0.717, 1.165) is 31.0 Å². The number of ether oxygens (including phenoxy) is 1. The average molecular weight is 317 g/mol. The van der Waals surface area contributed by atoms with Gasteiger partial charge in [0.15, 0.2) is 0 Å². The van der Waals surface area contributed by atoms with Crippen molar-refractivity contribution in [3.05, 3.63) is 36.3 Å². The van der Waals surface area contributed by atoms with Gasteiger partial charge in [-0.15, -0.1) is 0 Å². The molecule has 3 heterocycles. The van der Waals surface area contributed by atoms with Crippen LogP contribution in [0.4, 0.5) is 0 Å². The molecule has 23 heavy (non-hydrogen) atoms. The lowest BCUT2D eigenvalue weighted by Crippen LogP contribution is -2.47. The van der Waals surface area contributed by atoms with Crippen LogP contribution in [0.1, 0.15) is 5.69 Å². The number of carbonyl (C=O) groups is 1. The monoisotopic (exact) mass is 317 g/mol. The molecule has 2 aromatic heterocycles. The summed E-state index contributed by atoms with van der Waals surface area (Å²) in [6, 6.07) is 5.88. The zero-order valence-electron chi connectivity index (χ0n) is 13.4. The van der Waals surface area contributed by atoms with Crippen LogP contribution < -0.4 is 5.73 Å². The van der Waals surface area contributed by atoms with Crippen LogP contribution in [0.15, 0.2) is 30.6 Å². The fourth-order valence-corrected chi connectivity index (χ4v) is 3.00. The molecular formula is C16H23N5O2. The standard InChI is InChI=1S/C16H23N5O2/c1-19-6-7-23-14(10-19)11-20(12-15(17)22)9-13-8-18-16-4-2-3-5-21(13)16/h2-5,8,14H,6-7,9-12H2,1H3,(H2,17,22)/t14-/m0/s1. The third-order valence-corrected chi connectivity index (χ3v) is 4.06. The minimum Gasteiger partial charge on any atom is -0.374 e. The van der Waals surface area contributed by atoms with Gasteiger partial charge >= 0.3 is 0 Å². The number of hydrogen-bond acceptors (Lipinski definition) is 5. The first-order valence-electron chi connectivity index (χ1n) is 7.83. The molecule has 0 aliphatic carbocycles. The summed E-state index contributed by atoms with van der Waals surface area (Å²) in [5.41, 5.74) is 7.34. The van der Waals surface area contributed by atoms with Gasteiger partial charge in [0.25, 0.3) is 0 Å². The van der Waals surface area contributed by atoms with E-state index in [4.69, 9.17) is 10.5 Å². The molecule has 0 spiro atoms. The largest absolute Gasteiger partial charge is 0.374 e. The first-order chi connectivity index (χ1) is 11.1. The number of hydrogen-bond donors (Lipinski definition) is 1. The van der Waals surface area contributed by atoms with E-state index in [0.29, 0.717) is 13.1 Å². The minimum absolute atomic E-state index is 0.0901. The van der Waals surface area contributed by atoms with Gasteiger partial charge in [-0.1, -0.05) is 6.07 Å². The molecule has 0 radical (unpaired) electrons. The maximum atomic E-state index is 11.4. The number of morpholine rings is 1. The van der Waals surface area contributed by atoms with E-state index < -0.39 is 0 Å². The van der Waals surface area contributed by atoms with Gasteiger partial charge in [-0.2, -0.15) is 0 Å². The number of likely N-dealkylation sites (N-methyl/N-ethyl adjacent to an activating group) is 1. The molecule has 1 saturated heterocycles. The van der Waals surface area contributed by atoms with Crippen molar-refractivity contribution in [3.8, 4) is 0 Å². The van der Waals surface area contributed by atoms with Crippen LogP contribution in [0.3, 0.4) is 0 Å². The Morgan fingerprint density at radius 1 is 1.52 bits per heavy atom. The molecule has 7 nitrogen and oxygen atoms in total. The number of rotatable bonds is 6. The lowest BCUT2D eigenvalue weighted by atomic mass is 10.2. The Bertz CT molecular complexity index is 671. The molecule has 0 aromatic carbocycles. The van der Waals surface area contributed by atoms with E-state index in [1.807, 2.05) is 39.9 Å². The van der Waals surface area contributed by atoms with Gasteiger partial charge < -0.3 is 19.8 Å². The zero-order valence-corrected chi connectivity index (χ0v) is 13.4. The zero-order chi connectivity index (χ0) is 16.2. The molecule has 2 aromatic rings. The van der Waals surface area contributed by atoms with E-state index in [1.165, 1.54) is 0 Å². The van der Waals surface area contributed by atoms with Crippen molar-refractivity contribution >= 4 is 11.6 Å². The predicted octanol–water partition coefficient (Wildman–Crippen LogP) is -0.0478. The Morgan fingerprint density at radius 3 is 3.17 bits per heavy atom. The lowest BCUT2D eigenvalue weighted by Gasteiger charge is -2.33. The third kappa shape index (κ3) is 4.07. The second-order valence-electron chi connectivity index (χ2n) is 6.07. The van der Waals surface area contributed by atoms with Crippen molar-refractivity contribution in [1.82, 2.24) is 19.2 Å². The number of imidazole rings is 1. The maximum Gasteiger partial charge on any atom is 0.231 e. The highest BCUT2D eigenvalue weighted by Crippen LogP contribution is 2.11. The second kappa shape index (κ2) is 7.08. The highest BCUT2D eigenvalue weighted by Gasteiger charge is 2.22. The summed E-state index contributed by atoms with van der Waals surface area (Å²) in [5, 5.41) is 0. The third-order valence-electron chi connectivity index (χ3n) is 4.06. The maximum absolute atomic E-state index is 11.4. The van der Waals surface area contributed by atoms with Crippen LogP contribution in [0.25, 0.3) is 5.65 Å². The van der Waals surface area contributed by atoms with Crippen molar-refractivity contribution in [1.29, 1.82) is 0 Å². The Balaban J connectivity index is 1.72. The SMILES string of the molecule is CN1CCO[C@H](CN(CC(N)=O)Cc2cnc3ccccn23)C1. The average Bonchev–Trinajstić information content (AvgIpc) is 2.90. The molecule has 3 rings (SSSR count). The summed E-state index contributed by atoms with van der Waals surface area (Å²) in [6.45, 7) is 4.03. The van der Waals surface area contributed by atoms with Gasteiger partial charge in [0.2, 0.25) is 5.91 Å². The van der Waals surface area contributed by atoms with Gasteiger partial charge in [-0.3, -0.25) is 9.69 Å². The number of nitrogens with two attached hydrogens (primary N) is 1. The van der Waals surface area contributed by atoms with Crippen molar-refractivity contribution in [2.24, 2.45) is 5.73 Å². The first-order valence-corrected chi connectivity index (χ1v) is 7.83. The summed E-state index contributed by atoms with van der Waals surface area (Å²) in [7, 11) is 2.08. The van der Waals surface area contributed by atoms with Crippen LogP contribution in [-0.2, 0) is 16.1 Å². The molecule has 7 heteroatoms. The van der Waals surface area contributed by atoms with Crippen molar-refractivity contribution in [2.45, 2.75) is 12.6 Å². The van der Waals surface area contributed by atoms with Gasteiger partial charge in [0.1, 0.15) is 5.65 Å². The first kappa shape index (κ1) is 15.9. The summed E-state index contributed by atoms with van der Waals surface area (Å²) < 4.78 is 7.84. The summed E-state index contributed by atoms with van der Waals surface area (Å²) in [5.74, 6) is -0.331. The summed E-state index contributed by atoms with van der Waals surface area (Å²) >= 11 is 0. The van der Waals surface area contributed by atoms with E-state index in [-0.39, 0.29) is 18.6 Å². The number of pyridine rings is 1. The smallest absolute Gasteiger partial charge is 0.231 e. The van der Waals surface area contributed by atoms with Gasteiger partial charge in [0, 0.05) is 32.4 Å². The van der Waals surface area contributed by atoms with Gasteiger partial charge in [0.05, 0.1) is 31.1 Å². The van der Waals surface area contributed by atoms with Gasteiger partial charge in [-0.25, -0.2) is 4.98 Å². The lowest BCUT2D eigenvalue weighted by molar-refractivity contribution is -0.120. The fraction of sp³-hybridized carbons (Fsp3) is 0.500. The molecule has 1 amide bonds. The topological polar surface area (TPSA) is 76.1 Å². The Hall–Kier alpha value is -1.96. The molecular weight excluding hydrogens is 294 g/mol. The molecule has 1 fully saturated rings. The van der Waals surface area contributed by atoms with Crippen LogP contribution >= 0.6 is 0 Å². The summed E-state index contributed by atoms with van der Waals surface area (Å²) in [6.07, 6.45) is 3.91. The van der Waals surface area contributed by atoms with Crippen LogP contribution in [0, 0.1) is 0 Å². The highest BCUT2D eigenvalue weighted by molar-refractivity contribution is 5.75. The molecule has 0 bridgehead atoms. The molecule has 0 saturated carbocycles. The predicted molar refractivity (Wildman–Crippen MR) is 86.9 cm³/mol. The quantitative estimate of drug-likeness (QED) is 0.808. The number of primary amides is 1. The molecule has 124 valence electrons. The Kier molecular flexibility index (Phi) is 4.90. The minimum atomic E-state index is -0.331. The molecule has 1 aliphatic heterocycles. The van der Waals surface area contributed by atoms with Crippen molar-refractivity contribution < 1.29 is 9.53 Å². The normalized spacial score (nSPS) is 19.5. The Morgan fingerprint density at radius 2 is 2.39 bits per heavy atom.